The van der Waals surface area contributed by atoms with E-state index in [0.29, 0.717) is 17.2 Å². The standard InChI is InChI=1S/C15H22N2S/c1-10(2)14-7-12(5-6-13(14)8-16-4)15-11(3)17-9-18-15/h5-7,9-11,15-16H,8H2,1-4H3. The van der Waals surface area contributed by atoms with E-state index in [9.17, 15) is 0 Å². The summed E-state index contributed by atoms with van der Waals surface area (Å²) in [6, 6.07) is 7.30. The van der Waals surface area contributed by atoms with Crippen molar-refractivity contribution >= 4 is 17.3 Å². The van der Waals surface area contributed by atoms with Crippen LogP contribution in [0.1, 0.15) is 48.6 Å². The Morgan fingerprint density at radius 3 is 2.72 bits per heavy atom. The molecule has 98 valence electrons. The van der Waals surface area contributed by atoms with Crippen molar-refractivity contribution < 1.29 is 0 Å². The molecule has 1 aliphatic heterocycles. The summed E-state index contributed by atoms with van der Waals surface area (Å²) in [7, 11) is 2.00. The van der Waals surface area contributed by atoms with E-state index in [1.54, 1.807) is 0 Å². The Kier molecular flexibility index (Phi) is 4.46. The molecule has 1 aromatic rings. The minimum Gasteiger partial charge on any atom is -0.316 e. The third-order valence-corrected chi connectivity index (χ3v) is 4.63. The average Bonchev–Trinajstić information content (AvgIpc) is 2.76. The highest BCUT2D eigenvalue weighted by atomic mass is 32.2. The number of aliphatic imine (C=N–C) groups is 1. The van der Waals surface area contributed by atoms with Gasteiger partial charge in [0.2, 0.25) is 0 Å². The maximum atomic E-state index is 4.45. The largest absolute Gasteiger partial charge is 0.316 e. The first kappa shape index (κ1) is 13.6. The molecular weight excluding hydrogens is 240 g/mol. The maximum absolute atomic E-state index is 4.45. The summed E-state index contributed by atoms with van der Waals surface area (Å²) < 4.78 is 0. The summed E-state index contributed by atoms with van der Waals surface area (Å²) in [5.41, 5.74) is 6.27. The Morgan fingerprint density at radius 2 is 2.17 bits per heavy atom. The van der Waals surface area contributed by atoms with Crippen LogP contribution < -0.4 is 5.32 Å². The molecule has 18 heavy (non-hydrogen) atoms. The molecule has 3 heteroatoms. The quantitative estimate of drug-likeness (QED) is 0.894. The molecule has 0 fully saturated rings. The molecule has 0 saturated heterocycles. The highest BCUT2D eigenvalue weighted by Gasteiger charge is 2.23. The Bertz CT molecular complexity index is 440. The molecule has 2 rings (SSSR count). The second-order valence-electron chi connectivity index (χ2n) is 5.20. The van der Waals surface area contributed by atoms with Gasteiger partial charge in [0, 0.05) is 6.54 Å². The third-order valence-electron chi connectivity index (χ3n) is 3.43. The van der Waals surface area contributed by atoms with Crippen molar-refractivity contribution in [2.24, 2.45) is 4.99 Å². The molecule has 1 aliphatic rings. The van der Waals surface area contributed by atoms with Crippen LogP contribution in [0.15, 0.2) is 23.2 Å². The smallest absolute Gasteiger partial charge is 0.0640 e. The summed E-state index contributed by atoms with van der Waals surface area (Å²) in [4.78, 5) is 4.45. The molecule has 2 atom stereocenters. The van der Waals surface area contributed by atoms with Gasteiger partial charge in [0.1, 0.15) is 0 Å². The number of benzene rings is 1. The van der Waals surface area contributed by atoms with Crippen molar-refractivity contribution in [2.45, 2.75) is 44.5 Å². The molecule has 0 aromatic heterocycles. The van der Waals surface area contributed by atoms with E-state index < -0.39 is 0 Å². The van der Waals surface area contributed by atoms with Crippen LogP contribution in [-0.2, 0) is 6.54 Å². The summed E-state index contributed by atoms with van der Waals surface area (Å²) in [6.07, 6.45) is 0. The number of hydrogen-bond acceptors (Lipinski definition) is 3. The van der Waals surface area contributed by atoms with Gasteiger partial charge in [0.05, 0.1) is 16.8 Å². The van der Waals surface area contributed by atoms with E-state index in [1.165, 1.54) is 16.7 Å². The molecule has 2 nitrogen and oxygen atoms in total. The van der Waals surface area contributed by atoms with Gasteiger partial charge in [-0.2, -0.15) is 0 Å². The predicted octanol–water partition coefficient (Wildman–Crippen LogP) is 3.73. The number of nitrogens with one attached hydrogen (secondary N) is 1. The number of rotatable bonds is 4. The zero-order valence-corrected chi connectivity index (χ0v) is 12.4. The Balaban J connectivity index is 2.31. The molecule has 1 aromatic carbocycles. The minimum absolute atomic E-state index is 0.394. The molecule has 0 spiro atoms. The Morgan fingerprint density at radius 1 is 1.39 bits per heavy atom. The molecular formula is C15H22N2S. The molecule has 0 aliphatic carbocycles. The van der Waals surface area contributed by atoms with Crippen molar-refractivity contribution in [1.29, 1.82) is 0 Å². The highest BCUT2D eigenvalue weighted by molar-refractivity contribution is 8.12. The van der Waals surface area contributed by atoms with Gasteiger partial charge in [0.15, 0.2) is 0 Å². The van der Waals surface area contributed by atoms with E-state index in [0.717, 1.165) is 6.54 Å². The summed E-state index contributed by atoms with van der Waals surface area (Å²) in [6.45, 7) is 7.66. The molecule has 1 N–H and O–H groups in total. The van der Waals surface area contributed by atoms with Gasteiger partial charge >= 0.3 is 0 Å². The van der Waals surface area contributed by atoms with Crippen LogP contribution in [0.25, 0.3) is 0 Å². The molecule has 0 bridgehead atoms. The monoisotopic (exact) mass is 262 g/mol. The van der Waals surface area contributed by atoms with E-state index in [2.05, 4.69) is 49.3 Å². The first-order valence-electron chi connectivity index (χ1n) is 6.58. The lowest BCUT2D eigenvalue weighted by Crippen LogP contribution is -2.11. The van der Waals surface area contributed by atoms with Crippen molar-refractivity contribution in [1.82, 2.24) is 5.32 Å². The second kappa shape index (κ2) is 5.89. The molecule has 1 heterocycles. The fourth-order valence-electron chi connectivity index (χ4n) is 2.42. The molecule has 0 saturated carbocycles. The Labute approximate surface area is 114 Å². The van der Waals surface area contributed by atoms with Gasteiger partial charge in [-0.05, 0) is 36.6 Å². The van der Waals surface area contributed by atoms with Crippen LogP contribution in [0.3, 0.4) is 0 Å². The lowest BCUT2D eigenvalue weighted by Gasteiger charge is -2.19. The minimum atomic E-state index is 0.394. The zero-order chi connectivity index (χ0) is 13.1. The van der Waals surface area contributed by atoms with Crippen LogP contribution in [0, 0.1) is 0 Å². The van der Waals surface area contributed by atoms with E-state index in [-0.39, 0.29) is 0 Å². The zero-order valence-electron chi connectivity index (χ0n) is 11.6. The number of hydrogen-bond donors (Lipinski definition) is 1. The molecule has 2 unspecified atom stereocenters. The summed E-state index contributed by atoms with van der Waals surface area (Å²) in [5, 5.41) is 3.74. The van der Waals surface area contributed by atoms with Crippen molar-refractivity contribution in [2.75, 3.05) is 7.05 Å². The number of thioether (sulfide) groups is 1. The van der Waals surface area contributed by atoms with Crippen LogP contribution in [0.4, 0.5) is 0 Å². The molecule has 0 radical (unpaired) electrons. The van der Waals surface area contributed by atoms with Gasteiger partial charge in [-0.15, -0.1) is 11.8 Å². The lowest BCUT2D eigenvalue weighted by atomic mass is 9.93. The predicted molar refractivity (Wildman–Crippen MR) is 81.6 cm³/mol. The van der Waals surface area contributed by atoms with Crippen LogP contribution in [-0.4, -0.2) is 18.6 Å². The first-order chi connectivity index (χ1) is 8.63. The highest BCUT2D eigenvalue weighted by Crippen LogP contribution is 2.38. The average molecular weight is 262 g/mol. The second-order valence-corrected chi connectivity index (χ2v) is 6.19. The van der Waals surface area contributed by atoms with Crippen molar-refractivity contribution in [3.63, 3.8) is 0 Å². The van der Waals surface area contributed by atoms with Crippen LogP contribution in [0.2, 0.25) is 0 Å². The van der Waals surface area contributed by atoms with Crippen molar-refractivity contribution in [3.05, 3.63) is 34.9 Å². The van der Waals surface area contributed by atoms with Gasteiger partial charge in [-0.1, -0.05) is 32.0 Å². The third kappa shape index (κ3) is 2.78. The first-order valence-corrected chi connectivity index (χ1v) is 7.52. The van der Waals surface area contributed by atoms with Crippen LogP contribution in [0.5, 0.6) is 0 Å². The van der Waals surface area contributed by atoms with E-state index >= 15 is 0 Å². The number of nitrogens with zero attached hydrogens (tertiary/aromatic N) is 1. The van der Waals surface area contributed by atoms with Gasteiger partial charge in [-0.3, -0.25) is 4.99 Å². The summed E-state index contributed by atoms with van der Waals surface area (Å²) in [5.74, 6) is 0.566. The van der Waals surface area contributed by atoms with Crippen molar-refractivity contribution in [3.8, 4) is 0 Å². The molecule has 0 amide bonds. The fourth-order valence-corrected chi connectivity index (χ4v) is 3.42. The van der Waals surface area contributed by atoms with Gasteiger partial charge in [-0.25, -0.2) is 0 Å². The van der Waals surface area contributed by atoms with E-state index in [1.807, 2.05) is 24.4 Å². The Hall–Kier alpha value is -0.800. The summed E-state index contributed by atoms with van der Waals surface area (Å²) >= 11 is 1.84. The fraction of sp³-hybridized carbons (Fsp3) is 0.533. The van der Waals surface area contributed by atoms with Gasteiger partial charge in [0.25, 0.3) is 0 Å². The van der Waals surface area contributed by atoms with Gasteiger partial charge < -0.3 is 5.32 Å². The van der Waals surface area contributed by atoms with E-state index in [4.69, 9.17) is 0 Å². The van der Waals surface area contributed by atoms with Crippen LogP contribution >= 0.6 is 11.8 Å². The normalized spacial score (nSPS) is 22.9. The SMILES string of the molecule is CNCc1ccc(C2SC=NC2C)cc1C(C)C. The maximum Gasteiger partial charge on any atom is 0.0640 e. The lowest BCUT2D eigenvalue weighted by molar-refractivity contribution is 0.732. The topological polar surface area (TPSA) is 24.4 Å².